The number of rotatable bonds is 3. The van der Waals surface area contributed by atoms with Gasteiger partial charge in [-0.25, -0.2) is 9.18 Å². The van der Waals surface area contributed by atoms with Crippen LogP contribution in [-0.2, 0) is 9.53 Å². The van der Waals surface area contributed by atoms with E-state index < -0.39 is 11.5 Å². The zero-order valence-corrected chi connectivity index (χ0v) is 8.75. The van der Waals surface area contributed by atoms with Gasteiger partial charge in [0.25, 0.3) is 0 Å². The van der Waals surface area contributed by atoms with Gasteiger partial charge in [-0.1, -0.05) is 23.9 Å². The largest absolute Gasteiger partial charge is 0.466 e. The van der Waals surface area contributed by atoms with E-state index in [1.165, 1.54) is 0 Å². The van der Waals surface area contributed by atoms with Crippen LogP contribution in [0.4, 0.5) is 4.39 Å². The second-order valence-electron chi connectivity index (χ2n) is 2.57. The number of carbonyl (C=O) groups excluding carboxylic acids is 1. The van der Waals surface area contributed by atoms with Crippen molar-refractivity contribution < 1.29 is 13.9 Å². The first-order chi connectivity index (χ1) is 7.19. The van der Waals surface area contributed by atoms with Crippen LogP contribution in [-0.4, -0.2) is 18.6 Å². The van der Waals surface area contributed by atoms with E-state index in [9.17, 15) is 9.18 Å². The van der Waals surface area contributed by atoms with Crippen LogP contribution in [0.1, 0.15) is 5.56 Å². The molecule has 0 heterocycles. The molecule has 15 heavy (non-hydrogen) atoms. The molecule has 0 aliphatic carbocycles. The standard InChI is InChI=1S/C10H8FNO2S/c1-14-10(13)9(11)15-8-5-3-2-4-7(8)6-12/h2-5,9H,1H3. The van der Waals surface area contributed by atoms with Gasteiger partial charge in [0.05, 0.1) is 12.7 Å². The summed E-state index contributed by atoms with van der Waals surface area (Å²) in [6.07, 6.45) is 0. The third-order valence-corrected chi connectivity index (χ3v) is 2.63. The number of thioether (sulfide) groups is 1. The number of halogens is 1. The van der Waals surface area contributed by atoms with Crippen LogP contribution in [0.2, 0.25) is 0 Å². The Morgan fingerprint density at radius 2 is 2.27 bits per heavy atom. The van der Waals surface area contributed by atoms with Crippen LogP contribution >= 0.6 is 11.8 Å². The number of carbonyl (C=O) groups is 1. The fourth-order valence-corrected chi connectivity index (χ4v) is 1.73. The molecule has 0 fully saturated rings. The van der Waals surface area contributed by atoms with E-state index in [-0.39, 0.29) is 0 Å². The van der Waals surface area contributed by atoms with Gasteiger partial charge in [-0.3, -0.25) is 0 Å². The summed E-state index contributed by atoms with van der Waals surface area (Å²) in [4.78, 5) is 11.2. The molecule has 0 aliphatic rings. The van der Waals surface area contributed by atoms with Crippen molar-refractivity contribution in [2.45, 2.75) is 10.4 Å². The van der Waals surface area contributed by atoms with Gasteiger partial charge < -0.3 is 4.74 Å². The molecule has 0 aromatic heterocycles. The number of ether oxygens (including phenoxy) is 1. The number of hydrogen-bond donors (Lipinski definition) is 0. The van der Waals surface area contributed by atoms with E-state index in [0.29, 0.717) is 22.2 Å². The Hall–Kier alpha value is -1.54. The van der Waals surface area contributed by atoms with Crippen molar-refractivity contribution in [1.82, 2.24) is 0 Å². The van der Waals surface area contributed by atoms with Gasteiger partial charge in [-0.2, -0.15) is 5.26 Å². The van der Waals surface area contributed by atoms with Crippen LogP contribution in [0, 0.1) is 11.3 Å². The van der Waals surface area contributed by atoms with Gasteiger partial charge in [0.15, 0.2) is 0 Å². The average molecular weight is 225 g/mol. The fourth-order valence-electron chi connectivity index (χ4n) is 0.914. The van der Waals surface area contributed by atoms with Gasteiger partial charge in [-0.05, 0) is 12.1 Å². The summed E-state index contributed by atoms with van der Waals surface area (Å²) in [5.74, 6) is -0.951. The Morgan fingerprint density at radius 3 is 2.87 bits per heavy atom. The number of methoxy groups -OCH3 is 1. The van der Waals surface area contributed by atoms with Crippen LogP contribution < -0.4 is 0 Å². The summed E-state index contributed by atoms with van der Waals surface area (Å²) >= 11 is 0.664. The first-order valence-corrected chi connectivity index (χ1v) is 4.94. The molecular weight excluding hydrogens is 217 g/mol. The van der Waals surface area contributed by atoms with E-state index in [4.69, 9.17) is 5.26 Å². The Kier molecular flexibility index (Phi) is 4.13. The lowest BCUT2D eigenvalue weighted by molar-refractivity contribution is -0.142. The number of alkyl halides is 1. The summed E-state index contributed by atoms with van der Waals surface area (Å²) < 4.78 is 17.4. The lowest BCUT2D eigenvalue weighted by Crippen LogP contribution is -2.13. The average Bonchev–Trinajstić information content (AvgIpc) is 2.28. The van der Waals surface area contributed by atoms with Crippen LogP contribution in [0.3, 0.4) is 0 Å². The maximum atomic E-state index is 13.2. The smallest absolute Gasteiger partial charge is 0.351 e. The molecule has 5 heteroatoms. The minimum Gasteiger partial charge on any atom is -0.466 e. The second kappa shape index (κ2) is 5.37. The number of esters is 1. The molecule has 0 N–H and O–H groups in total. The van der Waals surface area contributed by atoms with Gasteiger partial charge in [0.1, 0.15) is 6.07 Å². The van der Waals surface area contributed by atoms with E-state index >= 15 is 0 Å². The monoisotopic (exact) mass is 225 g/mol. The van der Waals surface area contributed by atoms with Crippen molar-refractivity contribution in [3.05, 3.63) is 29.8 Å². The predicted molar refractivity (Wildman–Crippen MR) is 53.9 cm³/mol. The van der Waals surface area contributed by atoms with Gasteiger partial charge in [0.2, 0.25) is 5.50 Å². The van der Waals surface area contributed by atoms with E-state index in [0.717, 1.165) is 7.11 Å². The molecule has 0 bridgehead atoms. The number of nitrogens with zero attached hydrogens (tertiary/aromatic N) is 1. The van der Waals surface area contributed by atoms with Crippen LogP contribution in [0.25, 0.3) is 0 Å². The van der Waals surface area contributed by atoms with Crippen molar-refractivity contribution in [3.63, 3.8) is 0 Å². The van der Waals surface area contributed by atoms with Crippen LogP contribution in [0.15, 0.2) is 29.2 Å². The molecule has 1 atom stereocenters. The molecule has 0 radical (unpaired) electrons. The molecular formula is C10H8FNO2S. The maximum Gasteiger partial charge on any atom is 0.351 e. The van der Waals surface area contributed by atoms with Crippen molar-refractivity contribution >= 4 is 17.7 Å². The Labute approximate surface area is 90.8 Å². The van der Waals surface area contributed by atoms with E-state index in [1.54, 1.807) is 24.3 Å². The Bertz CT molecular complexity index is 403. The van der Waals surface area contributed by atoms with Crippen molar-refractivity contribution in [2.24, 2.45) is 0 Å². The molecule has 3 nitrogen and oxygen atoms in total. The highest BCUT2D eigenvalue weighted by molar-refractivity contribution is 8.00. The third kappa shape index (κ3) is 2.96. The lowest BCUT2D eigenvalue weighted by Gasteiger charge is -2.06. The highest BCUT2D eigenvalue weighted by Crippen LogP contribution is 2.27. The summed E-state index contributed by atoms with van der Waals surface area (Å²) in [5.41, 5.74) is -1.46. The molecule has 78 valence electrons. The number of nitriles is 1. The first-order valence-electron chi connectivity index (χ1n) is 4.06. The van der Waals surface area contributed by atoms with E-state index in [2.05, 4.69) is 4.74 Å². The van der Waals surface area contributed by atoms with Gasteiger partial charge in [0, 0.05) is 4.90 Å². The second-order valence-corrected chi connectivity index (χ2v) is 3.65. The van der Waals surface area contributed by atoms with E-state index in [1.807, 2.05) is 6.07 Å². The zero-order valence-electron chi connectivity index (χ0n) is 7.94. The number of benzene rings is 1. The molecule has 1 aromatic carbocycles. The quantitative estimate of drug-likeness (QED) is 0.584. The zero-order chi connectivity index (χ0) is 11.3. The highest BCUT2D eigenvalue weighted by Gasteiger charge is 2.20. The topological polar surface area (TPSA) is 50.1 Å². The molecule has 1 aromatic rings. The molecule has 0 spiro atoms. The molecule has 1 rings (SSSR count). The summed E-state index contributed by atoms with van der Waals surface area (Å²) in [5, 5.41) is 8.73. The molecule has 0 amide bonds. The SMILES string of the molecule is COC(=O)C(F)Sc1ccccc1C#N. The van der Waals surface area contributed by atoms with Crippen LogP contribution in [0.5, 0.6) is 0 Å². The van der Waals surface area contributed by atoms with Gasteiger partial charge in [-0.15, -0.1) is 0 Å². The van der Waals surface area contributed by atoms with Crippen molar-refractivity contribution in [1.29, 1.82) is 5.26 Å². The van der Waals surface area contributed by atoms with Gasteiger partial charge >= 0.3 is 5.97 Å². The summed E-state index contributed by atoms with van der Waals surface area (Å²) in [7, 11) is 1.12. The lowest BCUT2D eigenvalue weighted by atomic mass is 10.2. The molecule has 0 aliphatic heterocycles. The third-order valence-electron chi connectivity index (χ3n) is 1.62. The fraction of sp³-hybridized carbons (Fsp3) is 0.200. The Morgan fingerprint density at radius 1 is 1.60 bits per heavy atom. The molecule has 1 unspecified atom stereocenters. The van der Waals surface area contributed by atoms with Crippen molar-refractivity contribution in [3.8, 4) is 6.07 Å². The Balaban J connectivity index is 2.81. The normalized spacial score (nSPS) is 11.5. The minimum atomic E-state index is -1.80. The van der Waals surface area contributed by atoms with Crippen molar-refractivity contribution in [2.75, 3.05) is 7.11 Å². The summed E-state index contributed by atoms with van der Waals surface area (Å²) in [6, 6.07) is 8.41. The maximum absolute atomic E-state index is 13.2. The summed E-state index contributed by atoms with van der Waals surface area (Å²) in [6.45, 7) is 0. The predicted octanol–water partition coefficient (Wildman–Crippen LogP) is 2.12. The number of hydrogen-bond acceptors (Lipinski definition) is 4. The molecule has 0 saturated heterocycles. The molecule has 0 saturated carbocycles. The minimum absolute atomic E-state index is 0.342. The highest BCUT2D eigenvalue weighted by atomic mass is 32.2. The first kappa shape index (κ1) is 11.5.